The first-order chi connectivity index (χ1) is 18.8. The molecule has 10 nitrogen and oxygen atoms in total. The Kier molecular flexibility index (Phi) is 8.65. The third-order valence-corrected chi connectivity index (χ3v) is 7.27. The van der Waals surface area contributed by atoms with E-state index in [9.17, 15) is 13.2 Å². The highest BCUT2D eigenvalue weighted by atomic mass is 32.2. The Bertz CT molecular complexity index is 1500. The van der Waals surface area contributed by atoms with Crippen LogP contribution in [0.3, 0.4) is 0 Å². The number of rotatable bonds is 9. The molecule has 3 N–H and O–H groups in total. The number of nitrogens with one attached hydrogen (secondary N) is 3. The minimum atomic E-state index is -3.59. The van der Waals surface area contributed by atoms with Crippen molar-refractivity contribution in [2.75, 3.05) is 36.5 Å². The van der Waals surface area contributed by atoms with E-state index in [-0.39, 0.29) is 16.9 Å². The molecular formula is C29H37N5O5S. The highest BCUT2D eigenvalue weighted by molar-refractivity contribution is 7.92. The molecule has 2 aromatic carbocycles. The Labute approximate surface area is 236 Å². The first kappa shape index (κ1) is 29.3. The van der Waals surface area contributed by atoms with Crippen molar-refractivity contribution >= 4 is 27.3 Å². The Hall–Kier alpha value is -3.70. The fourth-order valence-corrected chi connectivity index (χ4v) is 5.04. The minimum Gasteiger partial charge on any atom is -0.492 e. The van der Waals surface area contributed by atoms with Crippen molar-refractivity contribution in [2.24, 2.45) is 5.92 Å². The van der Waals surface area contributed by atoms with Gasteiger partial charge in [-0.05, 0) is 73.2 Å². The topological polar surface area (TPSA) is 132 Å². The molecule has 0 bridgehead atoms. The van der Waals surface area contributed by atoms with Crippen LogP contribution in [0.4, 0.5) is 11.4 Å². The predicted octanol–water partition coefficient (Wildman–Crippen LogP) is 4.66. The molecule has 1 aliphatic rings. The maximum Gasteiger partial charge on any atom is 0.255 e. The van der Waals surface area contributed by atoms with Gasteiger partial charge in [0.25, 0.3) is 5.91 Å². The second-order valence-corrected chi connectivity index (χ2v) is 12.9. The number of methoxy groups -OCH3 is 1. The molecule has 1 aromatic heterocycles. The molecule has 1 saturated heterocycles. The molecule has 1 fully saturated rings. The predicted molar refractivity (Wildman–Crippen MR) is 156 cm³/mol. The van der Waals surface area contributed by atoms with Gasteiger partial charge in [0.1, 0.15) is 11.6 Å². The summed E-state index contributed by atoms with van der Waals surface area (Å²) in [5, 5.41) is 6.25. The van der Waals surface area contributed by atoms with E-state index in [0.717, 1.165) is 49.1 Å². The van der Waals surface area contributed by atoms with Crippen LogP contribution in [0.2, 0.25) is 0 Å². The summed E-state index contributed by atoms with van der Waals surface area (Å²) in [6.45, 7) is 9.85. The van der Waals surface area contributed by atoms with E-state index >= 15 is 0 Å². The van der Waals surface area contributed by atoms with Crippen LogP contribution in [0, 0.1) is 12.8 Å². The van der Waals surface area contributed by atoms with E-state index in [4.69, 9.17) is 9.47 Å². The summed E-state index contributed by atoms with van der Waals surface area (Å²) in [6, 6.07) is 10.4. The Morgan fingerprint density at radius 3 is 2.55 bits per heavy atom. The first-order valence-corrected chi connectivity index (χ1v) is 15.0. The zero-order chi connectivity index (χ0) is 29.1. The van der Waals surface area contributed by atoms with Gasteiger partial charge in [-0.1, -0.05) is 26.8 Å². The van der Waals surface area contributed by atoms with Gasteiger partial charge in [0, 0.05) is 24.2 Å². The zero-order valence-corrected chi connectivity index (χ0v) is 24.6. The van der Waals surface area contributed by atoms with Gasteiger partial charge in [-0.3, -0.25) is 9.52 Å². The number of anilines is 2. The van der Waals surface area contributed by atoms with Crippen LogP contribution in [-0.2, 0) is 21.9 Å². The van der Waals surface area contributed by atoms with Crippen molar-refractivity contribution in [3.8, 4) is 17.4 Å². The number of carbonyl (C=O) groups is 1. The fourth-order valence-electron chi connectivity index (χ4n) is 4.49. The van der Waals surface area contributed by atoms with Crippen molar-refractivity contribution in [1.82, 2.24) is 15.3 Å². The largest absolute Gasteiger partial charge is 0.492 e. The van der Waals surface area contributed by atoms with Crippen LogP contribution in [0.25, 0.3) is 0 Å². The number of amides is 1. The lowest BCUT2D eigenvalue weighted by Crippen LogP contribution is -2.18. The summed E-state index contributed by atoms with van der Waals surface area (Å²) in [7, 11) is -2.17. The van der Waals surface area contributed by atoms with Gasteiger partial charge in [0.2, 0.25) is 15.9 Å². The summed E-state index contributed by atoms with van der Waals surface area (Å²) >= 11 is 0. The number of ether oxygens (including phenoxy) is 2. The maximum absolute atomic E-state index is 13.4. The summed E-state index contributed by atoms with van der Waals surface area (Å²) in [5.41, 5.74) is 2.27. The van der Waals surface area contributed by atoms with E-state index in [1.165, 1.54) is 7.11 Å². The van der Waals surface area contributed by atoms with Crippen molar-refractivity contribution in [2.45, 2.75) is 46.0 Å². The average molecular weight is 568 g/mol. The van der Waals surface area contributed by atoms with Crippen LogP contribution in [0.5, 0.6) is 17.4 Å². The standard InChI is InChI=1S/C29H37N5O5S/c1-18-7-8-20(14-24(18)39-26-10-12-31-25(33-26)13-19-9-11-30-17-19)28(35)32-22-15-21(29(2,3)4)16-23(27(22)38-5)34-40(6,36)37/h7-8,10,12,14-16,19,30,34H,9,11,13,17H2,1-6H3,(H,32,35). The average Bonchev–Trinajstić information content (AvgIpc) is 3.37. The van der Waals surface area contributed by atoms with E-state index in [2.05, 4.69) is 25.3 Å². The number of aromatic nitrogens is 2. The molecule has 1 aliphatic heterocycles. The quantitative estimate of drug-likeness (QED) is 0.340. The summed E-state index contributed by atoms with van der Waals surface area (Å²) in [5.74, 6) is 1.94. The van der Waals surface area contributed by atoms with Crippen molar-refractivity contribution in [3.63, 3.8) is 0 Å². The second kappa shape index (κ2) is 11.8. The van der Waals surface area contributed by atoms with Gasteiger partial charge in [-0.15, -0.1) is 0 Å². The van der Waals surface area contributed by atoms with Gasteiger partial charge < -0.3 is 20.1 Å². The molecule has 2 heterocycles. The molecule has 3 aromatic rings. The first-order valence-electron chi connectivity index (χ1n) is 13.1. The highest BCUT2D eigenvalue weighted by Gasteiger charge is 2.23. The third kappa shape index (κ3) is 7.48. The van der Waals surface area contributed by atoms with E-state index < -0.39 is 15.9 Å². The van der Waals surface area contributed by atoms with E-state index in [1.54, 1.807) is 42.6 Å². The van der Waals surface area contributed by atoms with Crippen LogP contribution in [-0.4, -0.2) is 50.7 Å². The summed E-state index contributed by atoms with van der Waals surface area (Å²) in [4.78, 5) is 22.4. The second-order valence-electron chi connectivity index (χ2n) is 11.1. The molecule has 1 atom stereocenters. The number of sulfonamides is 1. The van der Waals surface area contributed by atoms with Gasteiger partial charge in [0.15, 0.2) is 5.75 Å². The lowest BCUT2D eigenvalue weighted by Gasteiger charge is -2.24. The molecule has 0 saturated carbocycles. The van der Waals surface area contributed by atoms with Crippen molar-refractivity contribution < 1.29 is 22.7 Å². The molecule has 40 heavy (non-hydrogen) atoms. The third-order valence-electron chi connectivity index (χ3n) is 6.68. The highest BCUT2D eigenvalue weighted by Crippen LogP contribution is 2.39. The molecule has 1 amide bonds. The number of carbonyl (C=O) groups excluding carboxylic acids is 1. The lowest BCUT2D eigenvalue weighted by molar-refractivity contribution is 0.102. The van der Waals surface area contributed by atoms with Gasteiger partial charge >= 0.3 is 0 Å². The fraction of sp³-hybridized carbons (Fsp3) is 0.414. The van der Waals surface area contributed by atoms with Gasteiger partial charge in [-0.2, -0.15) is 4.98 Å². The minimum absolute atomic E-state index is 0.210. The zero-order valence-electron chi connectivity index (χ0n) is 23.8. The van der Waals surface area contributed by atoms with E-state index in [1.807, 2.05) is 27.7 Å². The maximum atomic E-state index is 13.4. The summed E-state index contributed by atoms with van der Waals surface area (Å²) < 4.78 is 38.2. The number of benzene rings is 2. The lowest BCUT2D eigenvalue weighted by atomic mass is 9.86. The smallest absolute Gasteiger partial charge is 0.255 e. The number of nitrogens with zero attached hydrogens (tertiary/aromatic N) is 2. The molecule has 1 unspecified atom stereocenters. The van der Waals surface area contributed by atoms with Crippen LogP contribution >= 0.6 is 0 Å². The molecule has 0 radical (unpaired) electrons. The van der Waals surface area contributed by atoms with Gasteiger partial charge in [0.05, 0.1) is 24.7 Å². The van der Waals surface area contributed by atoms with Crippen molar-refractivity contribution in [3.05, 3.63) is 65.1 Å². The molecule has 4 rings (SSSR count). The molecule has 0 spiro atoms. The molecular weight excluding hydrogens is 530 g/mol. The monoisotopic (exact) mass is 567 g/mol. The van der Waals surface area contributed by atoms with Crippen molar-refractivity contribution in [1.29, 1.82) is 0 Å². The Balaban J connectivity index is 1.60. The number of hydrogen-bond acceptors (Lipinski definition) is 8. The van der Waals surface area contributed by atoms with E-state index in [0.29, 0.717) is 28.8 Å². The summed E-state index contributed by atoms with van der Waals surface area (Å²) in [6.07, 6.45) is 4.62. The SMILES string of the molecule is COc1c(NC(=O)c2ccc(C)c(Oc3ccnc(CC4CCNC4)n3)c2)cc(C(C)(C)C)cc1NS(C)(=O)=O. The Morgan fingerprint density at radius 1 is 1.15 bits per heavy atom. The van der Waals surface area contributed by atoms with Crippen LogP contribution in [0.15, 0.2) is 42.6 Å². The molecule has 0 aliphatic carbocycles. The number of aryl methyl sites for hydroxylation is 1. The Morgan fingerprint density at radius 2 is 1.90 bits per heavy atom. The van der Waals surface area contributed by atoms with Crippen LogP contribution in [0.1, 0.15) is 54.5 Å². The van der Waals surface area contributed by atoms with Crippen LogP contribution < -0.4 is 24.8 Å². The normalized spacial score (nSPS) is 15.5. The molecule has 214 valence electrons. The van der Waals surface area contributed by atoms with Gasteiger partial charge in [-0.25, -0.2) is 13.4 Å². The molecule has 11 heteroatoms. The number of hydrogen-bond donors (Lipinski definition) is 3.